The van der Waals surface area contributed by atoms with E-state index in [9.17, 15) is 0 Å². The van der Waals surface area contributed by atoms with Crippen LogP contribution in [-0.4, -0.2) is 20.8 Å². The van der Waals surface area contributed by atoms with Crippen molar-refractivity contribution < 1.29 is 9.47 Å². The van der Waals surface area contributed by atoms with Gasteiger partial charge in [-0.1, -0.05) is 6.92 Å². The molecule has 0 heterocycles. The summed E-state index contributed by atoms with van der Waals surface area (Å²) in [7, 11) is 3.37. The Morgan fingerprint density at radius 1 is 1.25 bits per heavy atom. The van der Waals surface area contributed by atoms with E-state index in [0.717, 1.165) is 30.0 Å². The molecule has 16 heavy (non-hydrogen) atoms. The fraction of sp³-hybridized carbons (Fsp3) is 0.538. The number of nitrogens with one attached hydrogen (secondary N) is 1. The van der Waals surface area contributed by atoms with Gasteiger partial charge in [0.2, 0.25) is 0 Å². The van der Waals surface area contributed by atoms with E-state index in [1.165, 1.54) is 0 Å². The minimum atomic E-state index is 0.269. The van der Waals surface area contributed by atoms with Crippen molar-refractivity contribution in [3.63, 3.8) is 0 Å². The monoisotopic (exact) mass is 223 g/mol. The lowest BCUT2D eigenvalue weighted by Gasteiger charge is -2.17. The maximum absolute atomic E-state index is 5.35. The molecule has 1 rings (SSSR count). The first-order valence-electron chi connectivity index (χ1n) is 5.68. The minimum Gasteiger partial charge on any atom is -0.497 e. The number of methoxy groups -OCH3 is 2. The van der Waals surface area contributed by atoms with Gasteiger partial charge in [0.15, 0.2) is 0 Å². The normalized spacial score (nSPS) is 12.2. The fourth-order valence-corrected chi connectivity index (χ4v) is 1.65. The standard InChI is InChI=1S/C13H21NO2/c1-5-8-14-10(2)12-9-11(15-3)6-7-13(12)16-4/h6-7,9-10,14H,5,8H2,1-4H3. The molecule has 3 heteroatoms. The summed E-state index contributed by atoms with van der Waals surface area (Å²) in [5, 5.41) is 3.44. The SMILES string of the molecule is CCCNC(C)c1cc(OC)ccc1OC. The first kappa shape index (κ1) is 12.8. The first-order chi connectivity index (χ1) is 7.72. The van der Waals surface area contributed by atoms with Gasteiger partial charge in [-0.2, -0.15) is 0 Å². The van der Waals surface area contributed by atoms with Crippen LogP contribution in [0, 0.1) is 0 Å². The van der Waals surface area contributed by atoms with Crippen molar-refractivity contribution in [3.05, 3.63) is 23.8 Å². The number of hydrogen-bond donors (Lipinski definition) is 1. The molecule has 0 amide bonds. The second-order valence-electron chi connectivity index (χ2n) is 3.78. The fourth-order valence-electron chi connectivity index (χ4n) is 1.65. The highest BCUT2D eigenvalue weighted by Crippen LogP contribution is 2.28. The molecule has 1 atom stereocenters. The Morgan fingerprint density at radius 2 is 2.00 bits per heavy atom. The molecule has 0 spiro atoms. The van der Waals surface area contributed by atoms with Crippen molar-refractivity contribution >= 4 is 0 Å². The second-order valence-corrected chi connectivity index (χ2v) is 3.78. The highest BCUT2D eigenvalue weighted by atomic mass is 16.5. The molecule has 0 aliphatic heterocycles. The smallest absolute Gasteiger partial charge is 0.123 e. The first-order valence-corrected chi connectivity index (χ1v) is 5.68. The lowest BCUT2D eigenvalue weighted by atomic mass is 10.1. The Morgan fingerprint density at radius 3 is 2.56 bits per heavy atom. The molecule has 1 N–H and O–H groups in total. The molecule has 0 aliphatic rings. The number of hydrogen-bond acceptors (Lipinski definition) is 3. The minimum absolute atomic E-state index is 0.269. The van der Waals surface area contributed by atoms with Gasteiger partial charge in [-0.05, 0) is 38.1 Å². The van der Waals surface area contributed by atoms with E-state index < -0.39 is 0 Å². The van der Waals surface area contributed by atoms with Crippen LogP contribution in [0.3, 0.4) is 0 Å². The summed E-state index contributed by atoms with van der Waals surface area (Å²) in [5.74, 6) is 1.76. The van der Waals surface area contributed by atoms with Crippen LogP contribution in [0.1, 0.15) is 31.9 Å². The third-order valence-electron chi connectivity index (χ3n) is 2.60. The third kappa shape index (κ3) is 3.14. The molecule has 3 nitrogen and oxygen atoms in total. The number of ether oxygens (including phenoxy) is 2. The van der Waals surface area contributed by atoms with E-state index in [1.807, 2.05) is 18.2 Å². The average Bonchev–Trinajstić information content (AvgIpc) is 2.35. The van der Waals surface area contributed by atoms with Crippen LogP contribution in [0.15, 0.2) is 18.2 Å². The molecular weight excluding hydrogens is 202 g/mol. The summed E-state index contributed by atoms with van der Waals surface area (Å²) in [4.78, 5) is 0. The van der Waals surface area contributed by atoms with Gasteiger partial charge in [0, 0.05) is 11.6 Å². The zero-order valence-electron chi connectivity index (χ0n) is 10.5. The highest BCUT2D eigenvalue weighted by molar-refractivity contribution is 5.42. The summed E-state index contributed by atoms with van der Waals surface area (Å²) < 4.78 is 10.6. The Kier molecular flexibility index (Phi) is 5.12. The molecule has 0 aromatic heterocycles. The quantitative estimate of drug-likeness (QED) is 0.804. The molecule has 0 fully saturated rings. The van der Waals surface area contributed by atoms with Gasteiger partial charge in [0.1, 0.15) is 11.5 Å². The molecule has 90 valence electrons. The van der Waals surface area contributed by atoms with Crippen LogP contribution in [-0.2, 0) is 0 Å². The van der Waals surface area contributed by atoms with Crippen LogP contribution in [0.2, 0.25) is 0 Å². The average molecular weight is 223 g/mol. The van der Waals surface area contributed by atoms with E-state index in [0.29, 0.717) is 0 Å². The van der Waals surface area contributed by atoms with Gasteiger partial charge in [-0.25, -0.2) is 0 Å². The van der Waals surface area contributed by atoms with Crippen LogP contribution in [0.5, 0.6) is 11.5 Å². The Hall–Kier alpha value is -1.22. The zero-order chi connectivity index (χ0) is 12.0. The highest BCUT2D eigenvalue weighted by Gasteiger charge is 2.11. The molecule has 0 radical (unpaired) electrons. The van der Waals surface area contributed by atoms with Crippen molar-refractivity contribution in [2.24, 2.45) is 0 Å². The van der Waals surface area contributed by atoms with Crippen LogP contribution < -0.4 is 14.8 Å². The van der Waals surface area contributed by atoms with Crippen LogP contribution >= 0.6 is 0 Å². The van der Waals surface area contributed by atoms with Crippen LogP contribution in [0.25, 0.3) is 0 Å². The van der Waals surface area contributed by atoms with E-state index in [2.05, 4.69) is 19.2 Å². The maximum Gasteiger partial charge on any atom is 0.123 e. The molecule has 1 aromatic carbocycles. The van der Waals surface area contributed by atoms with Crippen molar-refractivity contribution in [2.75, 3.05) is 20.8 Å². The summed E-state index contributed by atoms with van der Waals surface area (Å²) in [5.41, 5.74) is 1.13. The zero-order valence-corrected chi connectivity index (χ0v) is 10.5. The molecular formula is C13H21NO2. The van der Waals surface area contributed by atoms with Crippen molar-refractivity contribution in [3.8, 4) is 11.5 Å². The summed E-state index contributed by atoms with van der Waals surface area (Å²) in [6.07, 6.45) is 1.12. The summed E-state index contributed by atoms with van der Waals surface area (Å²) in [6.45, 7) is 5.29. The molecule has 0 saturated heterocycles. The van der Waals surface area contributed by atoms with Crippen molar-refractivity contribution in [1.82, 2.24) is 5.32 Å². The number of benzene rings is 1. The maximum atomic E-state index is 5.35. The van der Waals surface area contributed by atoms with Gasteiger partial charge >= 0.3 is 0 Å². The molecule has 0 bridgehead atoms. The third-order valence-corrected chi connectivity index (χ3v) is 2.60. The van der Waals surface area contributed by atoms with E-state index in [-0.39, 0.29) is 6.04 Å². The molecule has 1 aromatic rings. The Labute approximate surface area is 97.8 Å². The van der Waals surface area contributed by atoms with Crippen molar-refractivity contribution in [1.29, 1.82) is 0 Å². The van der Waals surface area contributed by atoms with Gasteiger partial charge in [0.25, 0.3) is 0 Å². The van der Waals surface area contributed by atoms with Crippen molar-refractivity contribution in [2.45, 2.75) is 26.3 Å². The molecule has 0 aliphatic carbocycles. The summed E-state index contributed by atoms with van der Waals surface area (Å²) >= 11 is 0. The van der Waals surface area contributed by atoms with Gasteiger partial charge in [-0.15, -0.1) is 0 Å². The van der Waals surface area contributed by atoms with Gasteiger partial charge < -0.3 is 14.8 Å². The lowest BCUT2D eigenvalue weighted by molar-refractivity contribution is 0.392. The number of rotatable bonds is 6. The Balaban J connectivity index is 2.89. The summed E-state index contributed by atoms with van der Waals surface area (Å²) in [6, 6.07) is 6.14. The molecule has 1 unspecified atom stereocenters. The van der Waals surface area contributed by atoms with Gasteiger partial charge in [0.05, 0.1) is 14.2 Å². The van der Waals surface area contributed by atoms with E-state index in [4.69, 9.17) is 9.47 Å². The topological polar surface area (TPSA) is 30.5 Å². The predicted octanol–water partition coefficient (Wildman–Crippen LogP) is 2.76. The second kappa shape index (κ2) is 6.38. The van der Waals surface area contributed by atoms with Crippen LogP contribution in [0.4, 0.5) is 0 Å². The lowest BCUT2D eigenvalue weighted by Crippen LogP contribution is -2.19. The molecule has 0 saturated carbocycles. The van der Waals surface area contributed by atoms with Gasteiger partial charge in [-0.3, -0.25) is 0 Å². The largest absolute Gasteiger partial charge is 0.497 e. The predicted molar refractivity (Wildman–Crippen MR) is 66.3 cm³/mol. The Bertz CT molecular complexity index is 326. The van der Waals surface area contributed by atoms with E-state index in [1.54, 1.807) is 14.2 Å². The van der Waals surface area contributed by atoms with E-state index >= 15 is 0 Å².